The van der Waals surface area contributed by atoms with E-state index in [0.29, 0.717) is 17.9 Å². The highest BCUT2D eigenvalue weighted by atomic mass is 32.2. The molecule has 2 aliphatic carbocycles. The monoisotopic (exact) mass is 354 g/mol. The third-order valence-corrected chi connectivity index (χ3v) is 5.57. The van der Waals surface area contributed by atoms with Gasteiger partial charge in [-0.3, -0.25) is 9.55 Å². The van der Waals surface area contributed by atoms with Crippen LogP contribution in [-0.4, -0.2) is 29.9 Å². The summed E-state index contributed by atoms with van der Waals surface area (Å²) in [6.45, 7) is 2.07. The van der Waals surface area contributed by atoms with Gasteiger partial charge in [-0.25, -0.2) is 0 Å². The Morgan fingerprint density at radius 3 is 2.84 bits per heavy atom. The smallest absolute Gasteiger partial charge is 0.239 e. The molecule has 3 heterocycles. The maximum absolute atomic E-state index is 5.46. The molecule has 0 saturated heterocycles. The summed E-state index contributed by atoms with van der Waals surface area (Å²) < 4.78 is 7.69. The third kappa shape index (κ3) is 2.95. The second kappa shape index (κ2) is 5.94. The van der Waals surface area contributed by atoms with Gasteiger partial charge in [-0.05, 0) is 44.7 Å². The van der Waals surface area contributed by atoms with E-state index in [4.69, 9.17) is 4.52 Å². The van der Waals surface area contributed by atoms with E-state index >= 15 is 0 Å². The lowest BCUT2D eigenvalue weighted by Gasteiger charge is -2.10. The maximum atomic E-state index is 5.46. The van der Waals surface area contributed by atoms with Crippen molar-refractivity contribution in [1.29, 1.82) is 0 Å². The second-order valence-corrected chi connectivity index (χ2v) is 7.98. The van der Waals surface area contributed by atoms with Gasteiger partial charge < -0.3 is 4.52 Å². The molecule has 128 valence electrons. The zero-order valence-corrected chi connectivity index (χ0v) is 14.7. The van der Waals surface area contributed by atoms with Crippen LogP contribution in [0.2, 0.25) is 0 Å². The summed E-state index contributed by atoms with van der Waals surface area (Å²) in [6, 6.07) is 4.42. The van der Waals surface area contributed by atoms with Crippen LogP contribution in [0.1, 0.15) is 61.5 Å². The van der Waals surface area contributed by atoms with Crippen molar-refractivity contribution in [2.45, 2.75) is 55.0 Å². The van der Waals surface area contributed by atoms with Crippen molar-refractivity contribution in [1.82, 2.24) is 29.9 Å². The van der Waals surface area contributed by atoms with Crippen LogP contribution in [0.15, 0.2) is 34.2 Å². The molecule has 3 aromatic rings. The molecule has 0 N–H and O–H groups in total. The van der Waals surface area contributed by atoms with Gasteiger partial charge in [0.2, 0.25) is 5.89 Å². The molecule has 0 amide bonds. The normalized spacial score (nSPS) is 18.4. The summed E-state index contributed by atoms with van der Waals surface area (Å²) in [6.07, 6.45) is 8.28. The van der Waals surface area contributed by atoms with Crippen molar-refractivity contribution in [3.63, 3.8) is 0 Å². The minimum Gasteiger partial charge on any atom is -0.338 e. The standard InChI is InChI=1S/C17H18N6OS/c1-10(16-19-14(22-24-16)11-4-5-11)25-17-21-20-15(23(17)13-6-7-13)12-3-2-8-18-9-12/h2-3,8-11,13H,4-7H2,1H3. The molecule has 0 aliphatic heterocycles. The summed E-state index contributed by atoms with van der Waals surface area (Å²) in [7, 11) is 0. The molecule has 2 saturated carbocycles. The van der Waals surface area contributed by atoms with Crippen LogP contribution >= 0.6 is 11.8 Å². The second-order valence-electron chi connectivity index (χ2n) is 6.67. The topological polar surface area (TPSA) is 82.5 Å². The molecule has 25 heavy (non-hydrogen) atoms. The first kappa shape index (κ1) is 15.1. The first-order valence-electron chi connectivity index (χ1n) is 8.65. The number of rotatable bonds is 6. The van der Waals surface area contributed by atoms with Crippen LogP contribution in [0.25, 0.3) is 11.4 Å². The zero-order valence-electron chi connectivity index (χ0n) is 13.9. The Morgan fingerprint density at radius 1 is 1.24 bits per heavy atom. The first-order chi connectivity index (χ1) is 12.3. The molecule has 0 spiro atoms. The van der Waals surface area contributed by atoms with Crippen molar-refractivity contribution < 1.29 is 4.52 Å². The van der Waals surface area contributed by atoms with E-state index in [1.807, 2.05) is 18.3 Å². The van der Waals surface area contributed by atoms with Crippen molar-refractivity contribution in [2.24, 2.45) is 0 Å². The Bertz CT molecular complexity index is 884. The van der Waals surface area contributed by atoms with Crippen LogP contribution in [0.4, 0.5) is 0 Å². The van der Waals surface area contributed by atoms with E-state index in [9.17, 15) is 0 Å². The fraction of sp³-hybridized carbons (Fsp3) is 0.471. The summed E-state index contributed by atoms with van der Waals surface area (Å²) in [5.41, 5.74) is 0.996. The van der Waals surface area contributed by atoms with Gasteiger partial charge in [0.25, 0.3) is 0 Å². The van der Waals surface area contributed by atoms with Gasteiger partial charge >= 0.3 is 0 Å². The van der Waals surface area contributed by atoms with Gasteiger partial charge in [-0.2, -0.15) is 4.98 Å². The Morgan fingerprint density at radius 2 is 2.12 bits per heavy atom. The van der Waals surface area contributed by atoms with Crippen molar-refractivity contribution in [2.75, 3.05) is 0 Å². The molecule has 8 heteroatoms. The molecule has 2 fully saturated rings. The van der Waals surface area contributed by atoms with Crippen LogP contribution < -0.4 is 0 Å². The van der Waals surface area contributed by atoms with Crippen molar-refractivity contribution in [3.8, 4) is 11.4 Å². The lowest BCUT2D eigenvalue weighted by molar-refractivity contribution is 0.374. The van der Waals surface area contributed by atoms with Crippen LogP contribution in [-0.2, 0) is 0 Å². The lowest BCUT2D eigenvalue weighted by Crippen LogP contribution is -2.01. The Hall–Kier alpha value is -2.22. The highest BCUT2D eigenvalue weighted by molar-refractivity contribution is 7.99. The van der Waals surface area contributed by atoms with Crippen molar-refractivity contribution >= 4 is 11.8 Å². The fourth-order valence-corrected chi connectivity index (χ4v) is 3.79. The number of thioether (sulfide) groups is 1. The molecule has 1 atom stereocenters. The highest BCUT2D eigenvalue weighted by Gasteiger charge is 2.33. The van der Waals surface area contributed by atoms with E-state index in [1.54, 1.807) is 18.0 Å². The van der Waals surface area contributed by atoms with E-state index < -0.39 is 0 Å². The summed E-state index contributed by atoms with van der Waals surface area (Å²) in [5, 5.41) is 13.9. The quantitative estimate of drug-likeness (QED) is 0.623. The molecular formula is C17H18N6OS. The number of hydrogen-bond acceptors (Lipinski definition) is 7. The van der Waals surface area contributed by atoms with E-state index in [1.165, 1.54) is 25.7 Å². The number of hydrogen-bond donors (Lipinski definition) is 0. The predicted molar refractivity (Wildman–Crippen MR) is 92.1 cm³/mol. The zero-order chi connectivity index (χ0) is 16.8. The number of aromatic nitrogens is 6. The minimum atomic E-state index is 0.0449. The van der Waals surface area contributed by atoms with Crippen molar-refractivity contribution in [3.05, 3.63) is 36.2 Å². The molecule has 3 aromatic heterocycles. The fourth-order valence-electron chi connectivity index (χ4n) is 2.84. The Labute approximate surface area is 149 Å². The van der Waals surface area contributed by atoms with Gasteiger partial charge in [0, 0.05) is 29.9 Å². The van der Waals surface area contributed by atoms with Gasteiger partial charge in [0.1, 0.15) is 0 Å². The van der Waals surface area contributed by atoms with E-state index in [0.717, 1.165) is 22.4 Å². The summed E-state index contributed by atoms with van der Waals surface area (Å²) in [4.78, 5) is 8.76. The van der Waals surface area contributed by atoms with Gasteiger partial charge in [0.15, 0.2) is 16.8 Å². The first-order valence-corrected chi connectivity index (χ1v) is 9.53. The minimum absolute atomic E-state index is 0.0449. The molecule has 7 nitrogen and oxygen atoms in total. The Balaban J connectivity index is 1.42. The molecule has 0 radical (unpaired) electrons. The van der Waals surface area contributed by atoms with E-state index in [2.05, 4.69) is 36.8 Å². The average Bonchev–Trinajstić information content (AvgIpc) is 3.58. The van der Waals surface area contributed by atoms with Crippen LogP contribution in [0.5, 0.6) is 0 Å². The molecule has 1 unspecified atom stereocenters. The number of nitrogens with zero attached hydrogens (tertiary/aromatic N) is 6. The molecular weight excluding hydrogens is 336 g/mol. The summed E-state index contributed by atoms with van der Waals surface area (Å²) in [5.74, 6) is 2.90. The molecule has 2 aliphatic rings. The van der Waals surface area contributed by atoms with Gasteiger partial charge in [0.05, 0.1) is 5.25 Å². The highest BCUT2D eigenvalue weighted by Crippen LogP contribution is 2.44. The summed E-state index contributed by atoms with van der Waals surface area (Å²) >= 11 is 1.63. The van der Waals surface area contributed by atoms with Gasteiger partial charge in [-0.1, -0.05) is 16.9 Å². The van der Waals surface area contributed by atoms with Gasteiger partial charge in [-0.15, -0.1) is 10.2 Å². The number of pyridine rings is 1. The largest absolute Gasteiger partial charge is 0.338 e. The SMILES string of the molecule is CC(Sc1nnc(-c2cccnc2)n1C1CC1)c1nc(C2CC2)no1. The molecule has 0 bridgehead atoms. The van der Waals surface area contributed by atoms with Crippen LogP contribution in [0.3, 0.4) is 0 Å². The average molecular weight is 354 g/mol. The van der Waals surface area contributed by atoms with E-state index in [-0.39, 0.29) is 5.25 Å². The maximum Gasteiger partial charge on any atom is 0.239 e. The Kier molecular flexibility index (Phi) is 3.58. The predicted octanol–water partition coefficient (Wildman–Crippen LogP) is 3.79. The van der Waals surface area contributed by atoms with Crippen LogP contribution in [0, 0.1) is 0 Å². The third-order valence-electron chi connectivity index (χ3n) is 4.53. The molecule has 0 aromatic carbocycles. The molecule has 5 rings (SSSR count). The lowest BCUT2D eigenvalue weighted by atomic mass is 10.3.